The third kappa shape index (κ3) is 3.51. The molecule has 0 spiro atoms. The molecular formula is C6H3ClFNaO2S. The maximum absolute atomic E-state index is 12.4. The van der Waals surface area contributed by atoms with Crippen LogP contribution in [0, 0.1) is 5.82 Å². The first kappa shape index (κ1) is 12.6. The molecule has 0 N–H and O–H groups in total. The third-order valence-electron chi connectivity index (χ3n) is 1.03. The largest absolute Gasteiger partial charge is 1.00 e. The van der Waals surface area contributed by atoms with Crippen molar-refractivity contribution >= 4 is 22.7 Å². The molecular weight excluding hydrogens is 214 g/mol. The minimum atomic E-state index is -2.42. The molecule has 1 unspecified atom stereocenters. The second-order valence-electron chi connectivity index (χ2n) is 1.84. The van der Waals surface area contributed by atoms with Gasteiger partial charge in [0, 0.05) is 9.92 Å². The summed E-state index contributed by atoms with van der Waals surface area (Å²) in [6.45, 7) is 0. The summed E-state index contributed by atoms with van der Waals surface area (Å²) in [6.07, 6.45) is 0. The SMILES string of the molecule is O=S([O-])c1cc(F)cc(Cl)c1.[Na+]. The molecule has 0 saturated heterocycles. The molecule has 1 aromatic carbocycles. The van der Waals surface area contributed by atoms with Crippen molar-refractivity contribution in [3.8, 4) is 0 Å². The Labute approximate surface area is 98.7 Å². The van der Waals surface area contributed by atoms with E-state index in [1.165, 1.54) is 6.07 Å². The second-order valence-corrected chi connectivity index (χ2v) is 3.22. The monoisotopic (exact) mass is 216 g/mol. The van der Waals surface area contributed by atoms with E-state index in [4.69, 9.17) is 11.6 Å². The summed E-state index contributed by atoms with van der Waals surface area (Å²) in [4.78, 5) is -0.144. The van der Waals surface area contributed by atoms with Crippen molar-refractivity contribution in [2.24, 2.45) is 0 Å². The Hall–Kier alpha value is 0.550. The van der Waals surface area contributed by atoms with Gasteiger partial charge in [-0.25, -0.2) is 4.39 Å². The smallest absolute Gasteiger partial charge is 0.768 e. The predicted octanol–water partition coefficient (Wildman–Crippen LogP) is -1.28. The molecule has 0 bridgehead atoms. The van der Waals surface area contributed by atoms with Gasteiger partial charge in [0.05, 0.1) is 0 Å². The first-order valence-electron chi connectivity index (χ1n) is 2.65. The van der Waals surface area contributed by atoms with E-state index in [-0.39, 0.29) is 39.5 Å². The van der Waals surface area contributed by atoms with Crippen molar-refractivity contribution in [2.45, 2.75) is 4.90 Å². The van der Waals surface area contributed by atoms with Crippen LogP contribution < -0.4 is 29.6 Å². The molecule has 0 fully saturated rings. The van der Waals surface area contributed by atoms with Crippen LogP contribution in [-0.4, -0.2) is 8.76 Å². The van der Waals surface area contributed by atoms with Crippen molar-refractivity contribution in [2.75, 3.05) is 0 Å². The van der Waals surface area contributed by atoms with Crippen molar-refractivity contribution in [1.82, 2.24) is 0 Å². The summed E-state index contributed by atoms with van der Waals surface area (Å²) in [6, 6.07) is 3.11. The number of hydrogen-bond donors (Lipinski definition) is 0. The van der Waals surface area contributed by atoms with Crippen LogP contribution >= 0.6 is 11.6 Å². The Bertz CT molecular complexity index is 287. The quantitative estimate of drug-likeness (QED) is 0.434. The Morgan fingerprint density at radius 3 is 2.42 bits per heavy atom. The van der Waals surface area contributed by atoms with Gasteiger partial charge < -0.3 is 4.55 Å². The Morgan fingerprint density at radius 2 is 2.00 bits per heavy atom. The van der Waals surface area contributed by atoms with Gasteiger partial charge in [-0.15, -0.1) is 0 Å². The summed E-state index contributed by atoms with van der Waals surface area (Å²) in [7, 11) is 0. The summed E-state index contributed by atoms with van der Waals surface area (Å²) >= 11 is 2.96. The molecule has 60 valence electrons. The molecule has 0 aromatic heterocycles. The van der Waals surface area contributed by atoms with Gasteiger partial charge in [0.25, 0.3) is 0 Å². The molecule has 0 saturated carbocycles. The van der Waals surface area contributed by atoms with Gasteiger partial charge in [-0.05, 0) is 29.3 Å². The average Bonchev–Trinajstić information content (AvgIpc) is 1.85. The zero-order valence-corrected chi connectivity index (χ0v) is 9.79. The van der Waals surface area contributed by atoms with Crippen molar-refractivity contribution in [3.63, 3.8) is 0 Å². The Kier molecular flexibility index (Phi) is 5.56. The molecule has 0 aliphatic carbocycles. The number of rotatable bonds is 1. The van der Waals surface area contributed by atoms with Gasteiger partial charge in [-0.3, -0.25) is 4.21 Å². The zero-order chi connectivity index (χ0) is 8.43. The first-order chi connectivity index (χ1) is 5.09. The topological polar surface area (TPSA) is 40.1 Å². The van der Waals surface area contributed by atoms with Crippen molar-refractivity contribution < 1.29 is 42.7 Å². The number of benzene rings is 1. The van der Waals surface area contributed by atoms with Crippen LogP contribution in [0.3, 0.4) is 0 Å². The van der Waals surface area contributed by atoms with Crippen LogP contribution in [-0.2, 0) is 11.1 Å². The van der Waals surface area contributed by atoms with Crippen LogP contribution in [0.4, 0.5) is 4.39 Å². The number of halogens is 2. The molecule has 2 nitrogen and oxygen atoms in total. The van der Waals surface area contributed by atoms with E-state index < -0.39 is 16.9 Å². The normalized spacial score (nSPS) is 11.9. The van der Waals surface area contributed by atoms with E-state index in [9.17, 15) is 13.2 Å². The zero-order valence-electron chi connectivity index (χ0n) is 6.21. The van der Waals surface area contributed by atoms with Gasteiger partial charge in [0.2, 0.25) is 0 Å². The second kappa shape index (κ2) is 5.32. The van der Waals surface area contributed by atoms with E-state index in [2.05, 4.69) is 0 Å². The Morgan fingerprint density at radius 1 is 1.42 bits per heavy atom. The van der Waals surface area contributed by atoms with Crippen LogP contribution in [0.5, 0.6) is 0 Å². The van der Waals surface area contributed by atoms with E-state index >= 15 is 0 Å². The van der Waals surface area contributed by atoms with Crippen LogP contribution in [0.25, 0.3) is 0 Å². The molecule has 0 heterocycles. The van der Waals surface area contributed by atoms with E-state index in [0.29, 0.717) is 0 Å². The van der Waals surface area contributed by atoms with Crippen molar-refractivity contribution in [3.05, 3.63) is 29.0 Å². The maximum atomic E-state index is 12.4. The molecule has 0 amide bonds. The summed E-state index contributed by atoms with van der Waals surface area (Å²) in [5.74, 6) is -0.656. The maximum Gasteiger partial charge on any atom is 1.00 e. The molecule has 1 atom stereocenters. The third-order valence-corrected chi connectivity index (χ3v) is 1.87. The average molecular weight is 217 g/mol. The number of hydrogen-bond acceptors (Lipinski definition) is 2. The van der Waals surface area contributed by atoms with Crippen molar-refractivity contribution in [1.29, 1.82) is 0 Å². The summed E-state index contributed by atoms with van der Waals surface area (Å²) in [5.41, 5.74) is 0. The standard InChI is InChI=1S/C6H4ClFO2S.Na/c7-4-1-5(8)3-6(2-4)11(9)10;/h1-3H,(H,9,10);/q;+1/p-1. The van der Waals surface area contributed by atoms with Crippen LogP contribution in [0.1, 0.15) is 0 Å². The summed E-state index contributed by atoms with van der Waals surface area (Å²) < 4.78 is 33.0. The fourth-order valence-corrected chi connectivity index (χ4v) is 1.34. The summed E-state index contributed by atoms with van der Waals surface area (Å²) in [5, 5.41) is 0.0733. The molecule has 0 aliphatic heterocycles. The van der Waals surface area contributed by atoms with E-state index in [1.54, 1.807) is 0 Å². The first-order valence-corrected chi connectivity index (χ1v) is 4.10. The van der Waals surface area contributed by atoms with Crippen LogP contribution in [0.2, 0.25) is 5.02 Å². The predicted molar refractivity (Wildman–Crippen MR) is 38.6 cm³/mol. The van der Waals surface area contributed by atoms with Crippen LogP contribution in [0.15, 0.2) is 23.1 Å². The van der Waals surface area contributed by atoms with Gasteiger partial charge in [-0.1, -0.05) is 11.6 Å². The van der Waals surface area contributed by atoms with Gasteiger partial charge in [0.1, 0.15) is 5.82 Å². The minimum absolute atomic E-state index is 0. The molecule has 1 rings (SSSR count). The fourth-order valence-electron chi connectivity index (χ4n) is 0.625. The fraction of sp³-hybridized carbons (Fsp3) is 0. The molecule has 1 aromatic rings. The van der Waals surface area contributed by atoms with E-state index in [0.717, 1.165) is 12.1 Å². The Balaban J connectivity index is 0.00000121. The molecule has 0 radical (unpaired) electrons. The molecule has 6 heteroatoms. The molecule has 0 aliphatic rings. The van der Waals surface area contributed by atoms with Gasteiger partial charge in [-0.2, -0.15) is 0 Å². The van der Waals surface area contributed by atoms with E-state index in [1.807, 2.05) is 0 Å². The minimum Gasteiger partial charge on any atom is -0.768 e. The molecule has 12 heavy (non-hydrogen) atoms. The van der Waals surface area contributed by atoms with Gasteiger partial charge in [0.15, 0.2) is 0 Å². The van der Waals surface area contributed by atoms with Gasteiger partial charge >= 0.3 is 29.6 Å².